The van der Waals surface area contributed by atoms with Crippen LogP contribution in [0.15, 0.2) is 41.7 Å². The molecule has 0 aliphatic carbocycles. The lowest BCUT2D eigenvalue weighted by atomic mass is 10.1. The van der Waals surface area contributed by atoms with E-state index in [9.17, 15) is 0 Å². The predicted molar refractivity (Wildman–Crippen MR) is 61.1 cm³/mol. The van der Waals surface area contributed by atoms with Gasteiger partial charge in [0.1, 0.15) is 0 Å². The van der Waals surface area contributed by atoms with Crippen LogP contribution in [0, 0.1) is 6.92 Å². The van der Waals surface area contributed by atoms with Crippen LogP contribution in [0.4, 0.5) is 0 Å². The molecular formula is C11H13NS. The molecule has 0 radical (unpaired) electrons. The van der Waals surface area contributed by atoms with Crippen LogP contribution in [-0.4, -0.2) is 0 Å². The maximum absolute atomic E-state index is 5.84. The molecule has 13 heavy (non-hydrogen) atoms. The molecule has 0 unspecified atom stereocenters. The Morgan fingerprint density at radius 3 is 2.92 bits per heavy atom. The number of rotatable bonds is 3. The van der Waals surface area contributed by atoms with E-state index in [1.165, 1.54) is 17.3 Å². The van der Waals surface area contributed by atoms with Gasteiger partial charge in [-0.25, -0.2) is 0 Å². The van der Waals surface area contributed by atoms with Crippen LogP contribution in [0.5, 0.6) is 0 Å². The summed E-state index contributed by atoms with van der Waals surface area (Å²) >= 11 is 1.49. The lowest BCUT2D eigenvalue weighted by Gasteiger charge is -2.01. The van der Waals surface area contributed by atoms with Gasteiger partial charge in [-0.2, -0.15) is 0 Å². The minimum atomic E-state index is 0.786. The first kappa shape index (κ1) is 9.93. The van der Waals surface area contributed by atoms with Gasteiger partial charge in [0.15, 0.2) is 0 Å². The Kier molecular flexibility index (Phi) is 3.65. The second-order valence-electron chi connectivity index (χ2n) is 2.75. The standard InChI is InChI=1S/C11H13NS/c1-3-13-8-11(12)10-6-4-5-9(2)7-10/h3-8H,1,12H2,2H3/b11-8-. The number of hydrogen-bond acceptors (Lipinski definition) is 2. The Labute approximate surface area is 83.3 Å². The Balaban J connectivity index is 2.88. The summed E-state index contributed by atoms with van der Waals surface area (Å²) in [5.74, 6) is 0. The van der Waals surface area contributed by atoms with Crippen LogP contribution in [-0.2, 0) is 0 Å². The Hall–Kier alpha value is -1.15. The van der Waals surface area contributed by atoms with Gasteiger partial charge in [-0.3, -0.25) is 0 Å². The van der Waals surface area contributed by atoms with Crippen molar-refractivity contribution in [2.24, 2.45) is 5.73 Å². The molecule has 0 bridgehead atoms. The van der Waals surface area contributed by atoms with E-state index in [1.54, 1.807) is 5.41 Å². The topological polar surface area (TPSA) is 26.0 Å². The molecule has 0 amide bonds. The van der Waals surface area contributed by atoms with Crippen LogP contribution in [0.25, 0.3) is 5.70 Å². The highest BCUT2D eigenvalue weighted by Gasteiger charge is 1.94. The first-order chi connectivity index (χ1) is 6.24. The van der Waals surface area contributed by atoms with Gasteiger partial charge < -0.3 is 5.73 Å². The normalized spacial score (nSPS) is 11.3. The van der Waals surface area contributed by atoms with Crippen molar-refractivity contribution >= 4 is 17.5 Å². The van der Waals surface area contributed by atoms with Gasteiger partial charge in [0, 0.05) is 5.70 Å². The summed E-state index contributed by atoms with van der Waals surface area (Å²) < 4.78 is 0. The average Bonchev–Trinajstić information content (AvgIpc) is 2.14. The molecule has 0 saturated heterocycles. The first-order valence-corrected chi connectivity index (χ1v) is 4.97. The third kappa shape index (κ3) is 2.99. The zero-order valence-electron chi connectivity index (χ0n) is 7.66. The molecular weight excluding hydrogens is 178 g/mol. The smallest absolute Gasteiger partial charge is 0.0455 e. The van der Waals surface area contributed by atoms with Gasteiger partial charge in [0.05, 0.1) is 0 Å². The summed E-state index contributed by atoms with van der Waals surface area (Å²) in [6.07, 6.45) is 0. The monoisotopic (exact) mass is 191 g/mol. The molecule has 68 valence electrons. The highest BCUT2D eigenvalue weighted by molar-refractivity contribution is 8.05. The van der Waals surface area contributed by atoms with Crippen LogP contribution >= 0.6 is 11.8 Å². The highest BCUT2D eigenvalue weighted by Crippen LogP contribution is 2.15. The van der Waals surface area contributed by atoms with Crippen LogP contribution in [0.1, 0.15) is 11.1 Å². The third-order valence-corrected chi connectivity index (χ3v) is 2.23. The summed E-state index contributed by atoms with van der Waals surface area (Å²) in [5, 5.41) is 3.64. The Morgan fingerprint density at radius 1 is 1.54 bits per heavy atom. The molecule has 0 aromatic heterocycles. The van der Waals surface area contributed by atoms with Crippen molar-refractivity contribution < 1.29 is 0 Å². The summed E-state index contributed by atoms with van der Waals surface area (Å²) in [4.78, 5) is 0. The second kappa shape index (κ2) is 4.77. The molecule has 0 heterocycles. The predicted octanol–water partition coefficient (Wildman–Crippen LogP) is 3.13. The lowest BCUT2D eigenvalue weighted by Crippen LogP contribution is -1.95. The summed E-state index contributed by atoms with van der Waals surface area (Å²) in [6, 6.07) is 8.12. The largest absolute Gasteiger partial charge is 0.398 e. The van der Waals surface area contributed by atoms with Crippen LogP contribution in [0.2, 0.25) is 0 Å². The third-order valence-electron chi connectivity index (χ3n) is 1.64. The molecule has 1 nitrogen and oxygen atoms in total. The maximum atomic E-state index is 5.84. The van der Waals surface area contributed by atoms with Crippen molar-refractivity contribution in [3.63, 3.8) is 0 Å². The van der Waals surface area contributed by atoms with Crippen LogP contribution in [0.3, 0.4) is 0 Å². The Morgan fingerprint density at radius 2 is 2.31 bits per heavy atom. The van der Waals surface area contributed by atoms with Crippen molar-refractivity contribution in [3.05, 3.63) is 52.8 Å². The van der Waals surface area contributed by atoms with Gasteiger partial charge in [0.2, 0.25) is 0 Å². The van der Waals surface area contributed by atoms with Crippen molar-refractivity contribution in [3.8, 4) is 0 Å². The number of benzene rings is 1. The molecule has 1 aromatic carbocycles. The molecule has 1 aromatic rings. The minimum Gasteiger partial charge on any atom is -0.398 e. The maximum Gasteiger partial charge on any atom is 0.0455 e. The highest BCUT2D eigenvalue weighted by atomic mass is 32.2. The van der Waals surface area contributed by atoms with Crippen molar-refractivity contribution in [1.29, 1.82) is 0 Å². The van der Waals surface area contributed by atoms with Gasteiger partial charge in [-0.15, -0.1) is 11.8 Å². The fraction of sp³-hybridized carbons (Fsp3) is 0.0909. The van der Waals surface area contributed by atoms with E-state index in [2.05, 4.69) is 25.6 Å². The molecule has 1 rings (SSSR count). The summed E-state index contributed by atoms with van der Waals surface area (Å²) in [5.41, 5.74) is 8.91. The van der Waals surface area contributed by atoms with Crippen molar-refractivity contribution in [2.75, 3.05) is 0 Å². The van der Waals surface area contributed by atoms with Crippen LogP contribution < -0.4 is 5.73 Å². The average molecular weight is 191 g/mol. The number of nitrogens with two attached hydrogens (primary N) is 1. The van der Waals surface area contributed by atoms with Crippen molar-refractivity contribution in [2.45, 2.75) is 6.92 Å². The van der Waals surface area contributed by atoms with E-state index in [-0.39, 0.29) is 0 Å². The number of hydrogen-bond donors (Lipinski definition) is 1. The van der Waals surface area contributed by atoms with Gasteiger partial charge in [-0.1, -0.05) is 30.3 Å². The first-order valence-electron chi connectivity index (χ1n) is 4.03. The van der Waals surface area contributed by atoms with Gasteiger partial charge >= 0.3 is 0 Å². The molecule has 2 heteroatoms. The van der Waals surface area contributed by atoms with Gasteiger partial charge in [0.25, 0.3) is 0 Å². The fourth-order valence-corrected chi connectivity index (χ4v) is 1.39. The number of thioether (sulfide) groups is 1. The molecule has 0 fully saturated rings. The van der Waals surface area contributed by atoms with E-state index < -0.39 is 0 Å². The summed E-state index contributed by atoms with van der Waals surface area (Å²) in [7, 11) is 0. The van der Waals surface area contributed by atoms with Gasteiger partial charge in [-0.05, 0) is 29.4 Å². The van der Waals surface area contributed by atoms with E-state index in [1.807, 2.05) is 17.5 Å². The van der Waals surface area contributed by atoms with E-state index in [4.69, 9.17) is 5.73 Å². The van der Waals surface area contributed by atoms with Crippen molar-refractivity contribution in [1.82, 2.24) is 0 Å². The molecule has 2 N–H and O–H groups in total. The zero-order valence-corrected chi connectivity index (χ0v) is 8.47. The number of aryl methyl sites for hydroxylation is 1. The lowest BCUT2D eigenvalue weighted by molar-refractivity contribution is 1.43. The Bertz CT molecular complexity index is 329. The van der Waals surface area contributed by atoms with E-state index >= 15 is 0 Å². The SMILES string of the molecule is C=CS/C=C(\N)c1cccc(C)c1. The second-order valence-corrected chi connectivity index (χ2v) is 3.59. The molecule has 0 atom stereocenters. The summed E-state index contributed by atoms with van der Waals surface area (Å²) in [6.45, 7) is 5.66. The molecule has 0 saturated carbocycles. The molecule has 0 aliphatic rings. The quantitative estimate of drug-likeness (QED) is 0.794. The molecule has 0 aliphatic heterocycles. The molecule has 0 spiro atoms. The van der Waals surface area contributed by atoms with E-state index in [0.29, 0.717) is 0 Å². The minimum absolute atomic E-state index is 0.786. The zero-order chi connectivity index (χ0) is 9.68. The fourth-order valence-electron chi connectivity index (χ4n) is 1.01. The van der Waals surface area contributed by atoms with E-state index in [0.717, 1.165) is 11.3 Å².